The standard InChI is InChI=1S/C28H20F2N2O4/c1-2-13-32-26(34)25-23(24(33)19-14-18(30)11-12-22(19)36-25)28(32)20-5-3-4-6-21(20)31(27(28)35)15-16-7-9-17(29)10-8-16/h3-12,14H,2,13,15H2,1H3. The Morgan fingerprint density at radius 2 is 1.64 bits per heavy atom. The van der Waals surface area contributed by atoms with Crippen LogP contribution in [0.1, 0.15) is 40.6 Å². The van der Waals surface area contributed by atoms with Crippen LogP contribution < -0.4 is 10.3 Å². The van der Waals surface area contributed by atoms with E-state index in [1.165, 1.54) is 28.0 Å². The Bertz CT molecular complexity index is 1630. The number of carbonyl (C=O) groups excluding carboxylic acids is 2. The highest BCUT2D eigenvalue weighted by atomic mass is 19.1. The number of hydrogen-bond donors (Lipinski definition) is 0. The summed E-state index contributed by atoms with van der Waals surface area (Å²) in [7, 11) is 0. The van der Waals surface area contributed by atoms with Crippen molar-refractivity contribution in [2.24, 2.45) is 0 Å². The van der Waals surface area contributed by atoms with Crippen molar-refractivity contribution < 1.29 is 22.8 Å². The van der Waals surface area contributed by atoms with Crippen LogP contribution in [-0.2, 0) is 16.9 Å². The number of para-hydroxylation sites is 1. The smallest absolute Gasteiger partial charge is 0.291 e. The van der Waals surface area contributed by atoms with Gasteiger partial charge in [0, 0.05) is 12.1 Å². The van der Waals surface area contributed by atoms with Crippen LogP contribution in [0.3, 0.4) is 0 Å². The molecule has 4 aromatic rings. The lowest BCUT2D eigenvalue weighted by molar-refractivity contribution is -0.126. The second kappa shape index (κ2) is 7.84. The number of rotatable bonds is 4. The zero-order chi connectivity index (χ0) is 25.2. The van der Waals surface area contributed by atoms with Crippen LogP contribution in [0.4, 0.5) is 14.5 Å². The van der Waals surface area contributed by atoms with Crippen LogP contribution in [0, 0.1) is 11.6 Å². The van der Waals surface area contributed by atoms with Gasteiger partial charge in [0.15, 0.2) is 11.0 Å². The first kappa shape index (κ1) is 22.2. The number of carbonyl (C=O) groups is 2. The quantitative estimate of drug-likeness (QED) is 0.418. The van der Waals surface area contributed by atoms with Crippen LogP contribution in [0.2, 0.25) is 0 Å². The Morgan fingerprint density at radius 3 is 2.39 bits per heavy atom. The van der Waals surface area contributed by atoms with E-state index >= 15 is 0 Å². The van der Waals surface area contributed by atoms with Crippen molar-refractivity contribution in [3.05, 3.63) is 111 Å². The van der Waals surface area contributed by atoms with E-state index in [4.69, 9.17) is 4.42 Å². The lowest BCUT2D eigenvalue weighted by Gasteiger charge is -2.34. The van der Waals surface area contributed by atoms with Crippen molar-refractivity contribution in [2.45, 2.75) is 25.4 Å². The molecular weight excluding hydrogens is 466 g/mol. The largest absolute Gasteiger partial charge is 0.450 e. The fourth-order valence-electron chi connectivity index (χ4n) is 5.42. The summed E-state index contributed by atoms with van der Waals surface area (Å²) in [6.45, 7) is 2.17. The first-order chi connectivity index (χ1) is 17.4. The van der Waals surface area contributed by atoms with E-state index < -0.39 is 34.4 Å². The van der Waals surface area contributed by atoms with Crippen molar-refractivity contribution in [3.63, 3.8) is 0 Å². The molecule has 0 saturated heterocycles. The first-order valence-electron chi connectivity index (χ1n) is 11.6. The molecule has 6 rings (SSSR count). The van der Waals surface area contributed by atoms with Gasteiger partial charge in [-0.05, 0) is 48.4 Å². The summed E-state index contributed by atoms with van der Waals surface area (Å²) in [5.74, 6) is -2.29. The monoisotopic (exact) mass is 486 g/mol. The summed E-state index contributed by atoms with van der Waals surface area (Å²) in [5, 5.41) is -0.0402. The van der Waals surface area contributed by atoms with E-state index in [9.17, 15) is 23.2 Å². The Hall–Kier alpha value is -4.33. The molecule has 2 aliphatic rings. The molecule has 3 aromatic carbocycles. The molecule has 6 nitrogen and oxygen atoms in total. The van der Waals surface area contributed by atoms with Gasteiger partial charge in [0.2, 0.25) is 5.76 Å². The van der Waals surface area contributed by atoms with Crippen LogP contribution in [0.5, 0.6) is 0 Å². The summed E-state index contributed by atoms with van der Waals surface area (Å²) >= 11 is 0. The number of anilines is 1. The Labute approximate surface area is 204 Å². The lowest BCUT2D eigenvalue weighted by atomic mass is 9.84. The number of benzene rings is 3. The average Bonchev–Trinajstić information content (AvgIpc) is 3.26. The third kappa shape index (κ3) is 2.84. The van der Waals surface area contributed by atoms with Gasteiger partial charge in [-0.1, -0.05) is 37.3 Å². The molecule has 0 N–H and O–H groups in total. The minimum atomic E-state index is -1.75. The van der Waals surface area contributed by atoms with Gasteiger partial charge in [-0.3, -0.25) is 14.4 Å². The molecule has 1 atom stereocenters. The summed E-state index contributed by atoms with van der Waals surface area (Å²) in [6.07, 6.45) is 0.525. The number of halogens is 2. The van der Waals surface area contributed by atoms with Crippen molar-refractivity contribution in [2.75, 3.05) is 11.4 Å². The Balaban J connectivity index is 1.65. The van der Waals surface area contributed by atoms with Crippen LogP contribution >= 0.6 is 0 Å². The topological polar surface area (TPSA) is 70.8 Å². The third-order valence-electron chi connectivity index (χ3n) is 6.90. The van der Waals surface area contributed by atoms with Gasteiger partial charge < -0.3 is 14.2 Å². The average molecular weight is 486 g/mol. The molecule has 1 unspecified atom stereocenters. The van der Waals surface area contributed by atoms with Crippen molar-refractivity contribution in [1.29, 1.82) is 0 Å². The number of amides is 2. The molecule has 1 aromatic heterocycles. The summed E-state index contributed by atoms with van der Waals surface area (Å²) in [4.78, 5) is 44.8. The number of fused-ring (bicyclic) bond motifs is 5. The van der Waals surface area contributed by atoms with Crippen LogP contribution in [-0.4, -0.2) is 23.3 Å². The molecule has 0 saturated carbocycles. The van der Waals surface area contributed by atoms with Gasteiger partial charge in [0.1, 0.15) is 17.2 Å². The van der Waals surface area contributed by atoms with Gasteiger partial charge in [-0.25, -0.2) is 8.78 Å². The minimum Gasteiger partial charge on any atom is -0.450 e. The highest BCUT2D eigenvalue weighted by molar-refractivity contribution is 6.17. The molecule has 2 amide bonds. The van der Waals surface area contributed by atoms with Gasteiger partial charge in [-0.2, -0.15) is 0 Å². The zero-order valence-electron chi connectivity index (χ0n) is 19.3. The number of hydrogen-bond acceptors (Lipinski definition) is 4. The fraction of sp³-hybridized carbons (Fsp3) is 0.179. The van der Waals surface area contributed by atoms with Crippen molar-refractivity contribution in [3.8, 4) is 0 Å². The van der Waals surface area contributed by atoms with Gasteiger partial charge in [0.25, 0.3) is 11.8 Å². The highest BCUT2D eigenvalue weighted by Crippen LogP contribution is 2.52. The predicted octanol–water partition coefficient (Wildman–Crippen LogP) is 4.73. The maximum Gasteiger partial charge on any atom is 0.291 e. The fourth-order valence-corrected chi connectivity index (χ4v) is 5.42. The molecule has 36 heavy (non-hydrogen) atoms. The Kier molecular flexibility index (Phi) is 4.83. The van der Waals surface area contributed by atoms with Gasteiger partial charge >= 0.3 is 0 Å². The maximum absolute atomic E-state index is 14.4. The van der Waals surface area contributed by atoms with Gasteiger partial charge in [0.05, 0.1) is 23.2 Å². The number of nitrogens with zero attached hydrogens (tertiary/aromatic N) is 2. The molecular formula is C28H20F2N2O4. The third-order valence-corrected chi connectivity index (χ3v) is 6.90. The second-order valence-electron chi connectivity index (χ2n) is 8.98. The Morgan fingerprint density at radius 1 is 0.917 bits per heavy atom. The molecule has 8 heteroatoms. The molecule has 1 spiro atoms. The van der Waals surface area contributed by atoms with E-state index in [1.807, 2.05) is 6.92 Å². The molecule has 0 aliphatic carbocycles. The highest BCUT2D eigenvalue weighted by Gasteiger charge is 2.64. The molecule has 180 valence electrons. The van der Waals surface area contributed by atoms with Crippen LogP contribution in [0.25, 0.3) is 11.0 Å². The summed E-state index contributed by atoms with van der Waals surface area (Å²) in [5.41, 5.74) is -0.713. The van der Waals surface area contributed by atoms with E-state index in [0.717, 1.165) is 12.1 Å². The second-order valence-corrected chi connectivity index (χ2v) is 8.98. The lowest BCUT2D eigenvalue weighted by Crippen LogP contribution is -2.53. The van der Waals surface area contributed by atoms with Crippen molar-refractivity contribution >= 4 is 28.5 Å². The van der Waals surface area contributed by atoms with E-state index in [1.54, 1.807) is 36.4 Å². The predicted molar refractivity (Wildman–Crippen MR) is 129 cm³/mol. The molecule has 0 radical (unpaired) electrons. The summed E-state index contributed by atoms with van der Waals surface area (Å²) in [6, 6.07) is 16.3. The van der Waals surface area contributed by atoms with Crippen molar-refractivity contribution in [1.82, 2.24) is 4.90 Å². The van der Waals surface area contributed by atoms with Crippen LogP contribution in [0.15, 0.2) is 75.9 Å². The van der Waals surface area contributed by atoms with Gasteiger partial charge in [-0.15, -0.1) is 0 Å². The SMILES string of the molecule is CCCN1C(=O)c2oc3ccc(F)cc3c(=O)c2C12C(=O)N(Cc1ccc(F)cc1)c1ccccc12. The normalized spacial score (nSPS) is 18.4. The first-order valence-corrected chi connectivity index (χ1v) is 11.6. The maximum atomic E-state index is 14.4. The molecule has 0 bridgehead atoms. The minimum absolute atomic E-state index is 0.0402. The summed E-state index contributed by atoms with van der Waals surface area (Å²) < 4.78 is 33.5. The van der Waals surface area contributed by atoms with E-state index in [2.05, 4.69) is 0 Å². The molecule has 3 heterocycles. The van der Waals surface area contributed by atoms with E-state index in [0.29, 0.717) is 23.2 Å². The van der Waals surface area contributed by atoms with E-state index in [-0.39, 0.29) is 35.4 Å². The molecule has 2 aliphatic heterocycles. The zero-order valence-corrected chi connectivity index (χ0v) is 19.3. The molecule has 0 fully saturated rings.